The Hall–Kier alpha value is -4.59. The molecule has 1 aromatic heterocycles. The number of fused-ring (bicyclic) bond motifs is 1. The lowest BCUT2D eigenvalue weighted by atomic mass is 10.0. The lowest BCUT2D eigenvalue weighted by Crippen LogP contribution is -2.18. The van der Waals surface area contributed by atoms with Crippen molar-refractivity contribution in [3.8, 4) is 34.3 Å². The number of hydrogen-bond donors (Lipinski definition) is 1. The van der Waals surface area contributed by atoms with Gasteiger partial charge >= 0.3 is 0 Å². The summed E-state index contributed by atoms with van der Waals surface area (Å²) in [7, 11) is 4.60. The zero-order valence-electron chi connectivity index (χ0n) is 21.4. The number of hydrazone groups is 1. The highest BCUT2D eigenvalue weighted by molar-refractivity contribution is 6.07. The zero-order valence-corrected chi connectivity index (χ0v) is 21.4. The Morgan fingerprint density at radius 1 is 0.919 bits per heavy atom. The normalized spacial score (nSPS) is 11.1. The monoisotopic (exact) mass is 499 g/mol. The number of hydrogen-bond acceptors (Lipinski definition) is 7. The molecule has 37 heavy (non-hydrogen) atoms. The molecule has 8 nitrogen and oxygen atoms in total. The number of aromatic nitrogens is 1. The van der Waals surface area contributed by atoms with Crippen molar-refractivity contribution in [3.05, 3.63) is 77.9 Å². The van der Waals surface area contributed by atoms with Gasteiger partial charge in [-0.15, -0.1) is 0 Å². The maximum Gasteiger partial charge on any atom is 0.272 e. The van der Waals surface area contributed by atoms with Crippen LogP contribution >= 0.6 is 0 Å². The Bertz CT molecular complexity index is 1450. The van der Waals surface area contributed by atoms with E-state index in [0.29, 0.717) is 39.6 Å². The lowest BCUT2D eigenvalue weighted by Gasteiger charge is -2.13. The Labute approximate surface area is 215 Å². The summed E-state index contributed by atoms with van der Waals surface area (Å²) in [5, 5.41) is 4.89. The molecule has 4 rings (SSSR count). The first-order valence-corrected chi connectivity index (χ1v) is 11.7. The van der Waals surface area contributed by atoms with E-state index in [1.807, 2.05) is 62.4 Å². The molecule has 1 amide bonds. The first-order valence-electron chi connectivity index (χ1n) is 11.7. The molecule has 3 aromatic carbocycles. The number of nitrogens with zero attached hydrogens (tertiary/aromatic N) is 2. The summed E-state index contributed by atoms with van der Waals surface area (Å²) in [6, 6.07) is 20.4. The second-order valence-corrected chi connectivity index (χ2v) is 8.39. The summed E-state index contributed by atoms with van der Waals surface area (Å²) in [6.07, 6.45) is 1.54. The maximum atomic E-state index is 13.3. The van der Waals surface area contributed by atoms with Gasteiger partial charge in [0.25, 0.3) is 5.91 Å². The molecule has 4 aromatic rings. The summed E-state index contributed by atoms with van der Waals surface area (Å²) in [5.41, 5.74) is 5.89. The van der Waals surface area contributed by atoms with Crippen molar-refractivity contribution in [2.24, 2.45) is 5.10 Å². The Balaban J connectivity index is 1.66. The van der Waals surface area contributed by atoms with Crippen LogP contribution in [0.2, 0.25) is 0 Å². The molecule has 0 saturated carbocycles. The molecule has 0 radical (unpaired) electrons. The van der Waals surface area contributed by atoms with Crippen molar-refractivity contribution in [3.63, 3.8) is 0 Å². The number of carbonyl (C=O) groups excluding carboxylic acids is 1. The van der Waals surface area contributed by atoms with Crippen LogP contribution < -0.4 is 24.4 Å². The van der Waals surface area contributed by atoms with E-state index in [4.69, 9.17) is 23.9 Å². The predicted molar refractivity (Wildman–Crippen MR) is 144 cm³/mol. The first-order chi connectivity index (χ1) is 17.9. The molecule has 0 unspecified atom stereocenters. The van der Waals surface area contributed by atoms with E-state index in [-0.39, 0.29) is 12.0 Å². The highest BCUT2D eigenvalue weighted by atomic mass is 16.5. The van der Waals surface area contributed by atoms with Gasteiger partial charge in [0.15, 0.2) is 11.5 Å². The quantitative estimate of drug-likeness (QED) is 0.242. The number of methoxy groups -OCH3 is 3. The van der Waals surface area contributed by atoms with E-state index in [2.05, 4.69) is 10.5 Å². The van der Waals surface area contributed by atoms with E-state index in [9.17, 15) is 4.79 Å². The van der Waals surface area contributed by atoms with Crippen LogP contribution in [0.3, 0.4) is 0 Å². The van der Waals surface area contributed by atoms with Gasteiger partial charge in [-0.2, -0.15) is 5.10 Å². The van der Waals surface area contributed by atoms with Crippen molar-refractivity contribution in [1.29, 1.82) is 0 Å². The third-order valence-corrected chi connectivity index (χ3v) is 5.57. The van der Waals surface area contributed by atoms with E-state index in [1.54, 1.807) is 25.3 Å². The van der Waals surface area contributed by atoms with Gasteiger partial charge in [0, 0.05) is 16.5 Å². The largest absolute Gasteiger partial charge is 0.493 e. The van der Waals surface area contributed by atoms with Gasteiger partial charge in [-0.05, 0) is 50.2 Å². The van der Waals surface area contributed by atoms with Gasteiger partial charge in [0.2, 0.25) is 5.75 Å². The molecule has 1 N–H and O–H groups in total. The fraction of sp³-hybridized carbons (Fsp3) is 0.207. The van der Waals surface area contributed by atoms with Crippen LogP contribution in [0, 0.1) is 0 Å². The van der Waals surface area contributed by atoms with E-state index in [1.165, 1.54) is 20.4 Å². The number of amides is 1. The third kappa shape index (κ3) is 5.64. The molecule has 0 atom stereocenters. The molecule has 0 bridgehead atoms. The summed E-state index contributed by atoms with van der Waals surface area (Å²) in [4.78, 5) is 18.0. The van der Waals surface area contributed by atoms with E-state index >= 15 is 0 Å². The van der Waals surface area contributed by atoms with Crippen molar-refractivity contribution >= 4 is 23.0 Å². The Kier molecular flexibility index (Phi) is 7.88. The van der Waals surface area contributed by atoms with Crippen LogP contribution in [-0.2, 0) is 0 Å². The van der Waals surface area contributed by atoms with Gasteiger partial charge in [-0.1, -0.05) is 30.3 Å². The van der Waals surface area contributed by atoms with E-state index in [0.717, 1.165) is 16.7 Å². The summed E-state index contributed by atoms with van der Waals surface area (Å²) in [6.45, 7) is 3.95. The lowest BCUT2D eigenvalue weighted by molar-refractivity contribution is 0.0956. The minimum Gasteiger partial charge on any atom is -0.493 e. The smallest absolute Gasteiger partial charge is 0.272 e. The second-order valence-electron chi connectivity index (χ2n) is 8.39. The standard InChI is InChI=1S/C29H29N3O5/c1-18(2)37-21-10-8-9-19(15-21)25-16-23(22-11-6-7-12-24(22)31-25)29(33)32-30-17-20-13-14-26(34-3)28(36-5)27(20)35-4/h6-18H,1-5H3,(H,32,33). The number of nitrogens with one attached hydrogen (secondary N) is 1. The van der Waals surface area contributed by atoms with Crippen molar-refractivity contribution in [2.45, 2.75) is 20.0 Å². The highest BCUT2D eigenvalue weighted by Gasteiger charge is 2.16. The first kappa shape index (κ1) is 25.5. The van der Waals surface area contributed by atoms with Crippen LogP contribution in [0.1, 0.15) is 29.8 Å². The molecule has 8 heteroatoms. The second kappa shape index (κ2) is 11.4. The van der Waals surface area contributed by atoms with Gasteiger partial charge in [-0.3, -0.25) is 4.79 Å². The zero-order chi connectivity index (χ0) is 26.4. The van der Waals surface area contributed by atoms with Gasteiger partial charge in [0.1, 0.15) is 5.75 Å². The maximum absolute atomic E-state index is 13.3. The number of pyridine rings is 1. The fourth-order valence-corrected chi connectivity index (χ4v) is 3.96. The molecule has 0 aliphatic heterocycles. The van der Waals surface area contributed by atoms with Crippen LogP contribution in [0.25, 0.3) is 22.2 Å². The number of carbonyl (C=O) groups is 1. The molecule has 0 fully saturated rings. The average Bonchev–Trinajstić information content (AvgIpc) is 2.91. The Morgan fingerprint density at radius 3 is 2.43 bits per heavy atom. The number of ether oxygens (including phenoxy) is 4. The molecular formula is C29H29N3O5. The highest BCUT2D eigenvalue weighted by Crippen LogP contribution is 2.39. The average molecular weight is 500 g/mol. The van der Waals surface area contributed by atoms with Gasteiger partial charge < -0.3 is 18.9 Å². The number of para-hydroxylation sites is 1. The Morgan fingerprint density at radius 2 is 1.70 bits per heavy atom. The topological polar surface area (TPSA) is 91.3 Å². The fourth-order valence-electron chi connectivity index (χ4n) is 3.96. The van der Waals surface area contributed by atoms with E-state index < -0.39 is 0 Å². The van der Waals surface area contributed by atoms with Crippen LogP contribution in [0.4, 0.5) is 0 Å². The van der Waals surface area contributed by atoms with Gasteiger partial charge in [-0.25, -0.2) is 10.4 Å². The van der Waals surface area contributed by atoms with Crippen LogP contribution in [-0.4, -0.2) is 44.5 Å². The third-order valence-electron chi connectivity index (χ3n) is 5.57. The molecule has 1 heterocycles. The summed E-state index contributed by atoms with van der Waals surface area (Å²) >= 11 is 0. The minimum absolute atomic E-state index is 0.0447. The van der Waals surface area contributed by atoms with Gasteiger partial charge in [0.05, 0.1) is 50.4 Å². The molecular weight excluding hydrogens is 470 g/mol. The summed E-state index contributed by atoms with van der Waals surface area (Å²) in [5.74, 6) is 1.78. The molecule has 0 aliphatic rings. The van der Waals surface area contributed by atoms with Crippen molar-refractivity contribution < 1.29 is 23.7 Å². The SMILES string of the molecule is COc1ccc(C=NNC(=O)c2cc(-c3cccc(OC(C)C)c3)nc3ccccc23)c(OC)c1OC. The van der Waals surface area contributed by atoms with Crippen molar-refractivity contribution in [1.82, 2.24) is 10.4 Å². The summed E-state index contributed by atoms with van der Waals surface area (Å²) < 4.78 is 22.0. The number of benzene rings is 3. The minimum atomic E-state index is -0.370. The van der Waals surface area contributed by atoms with Crippen LogP contribution in [0.5, 0.6) is 23.0 Å². The molecule has 0 spiro atoms. The number of rotatable bonds is 9. The van der Waals surface area contributed by atoms with Crippen LogP contribution in [0.15, 0.2) is 71.8 Å². The molecule has 0 saturated heterocycles. The molecule has 0 aliphatic carbocycles. The molecule has 190 valence electrons. The van der Waals surface area contributed by atoms with Crippen molar-refractivity contribution in [2.75, 3.05) is 21.3 Å². The predicted octanol–water partition coefficient (Wildman–Crippen LogP) is 5.48.